The summed E-state index contributed by atoms with van der Waals surface area (Å²) in [5.74, 6) is 2.14. The van der Waals surface area contributed by atoms with Gasteiger partial charge in [0.2, 0.25) is 0 Å². The third-order valence-corrected chi connectivity index (χ3v) is 2.91. The van der Waals surface area contributed by atoms with Crippen LogP contribution in [0.15, 0.2) is 35.1 Å². The summed E-state index contributed by atoms with van der Waals surface area (Å²) in [6.45, 7) is 0.902. The van der Waals surface area contributed by atoms with Crippen LogP contribution in [0.4, 0.5) is 0 Å². The number of nitrogens with one attached hydrogen (secondary N) is 1. The first-order valence-electron chi connectivity index (χ1n) is 6.77. The molecule has 0 aliphatic rings. The van der Waals surface area contributed by atoms with E-state index in [1.807, 2.05) is 24.3 Å². The molecule has 3 N–H and O–H groups in total. The summed E-state index contributed by atoms with van der Waals surface area (Å²) in [6.07, 6.45) is 1.12. The predicted octanol–water partition coefficient (Wildman–Crippen LogP) is 0.901. The van der Waals surface area contributed by atoms with E-state index < -0.39 is 0 Å². The molecule has 0 bridgehead atoms. The van der Waals surface area contributed by atoms with Gasteiger partial charge in [0.05, 0.1) is 13.7 Å². The lowest BCUT2D eigenvalue weighted by molar-refractivity contribution is 0.317. The molecule has 0 spiro atoms. The van der Waals surface area contributed by atoms with Gasteiger partial charge >= 0.3 is 0 Å². The van der Waals surface area contributed by atoms with Crippen LogP contribution in [-0.2, 0) is 12.8 Å². The minimum Gasteiger partial charge on any atom is -0.497 e. The van der Waals surface area contributed by atoms with Gasteiger partial charge < -0.3 is 20.2 Å². The minimum absolute atomic E-state index is 0.159. The quantitative estimate of drug-likeness (QED) is 0.790. The van der Waals surface area contributed by atoms with E-state index in [1.54, 1.807) is 7.11 Å². The molecule has 112 valence electrons. The van der Waals surface area contributed by atoms with Crippen molar-refractivity contribution in [2.45, 2.75) is 12.8 Å². The number of rotatable bonds is 7. The predicted molar refractivity (Wildman–Crippen MR) is 79.8 cm³/mol. The number of aromatic nitrogens is 2. The Kier molecular flexibility index (Phi) is 5.34. The molecular formula is C15H19N3O3. The summed E-state index contributed by atoms with van der Waals surface area (Å²) in [6, 6.07) is 8.80. The van der Waals surface area contributed by atoms with E-state index in [-0.39, 0.29) is 5.56 Å². The van der Waals surface area contributed by atoms with Gasteiger partial charge in [-0.1, -0.05) is 0 Å². The van der Waals surface area contributed by atoms with Gasteiger partial charge in [-0.2, -0.15) is 0 Å². The van der Waals surface area contributed by atoms with Crippen LogP contribution >= 0.6 is 0 Å². The number of methoxy groups -OCH3 is 1. The van der Waals surface area contributed by atoms with Crippen molar-refractivity contribution in [2.75, 3.05) is 20.3 Å². The zero-order valence-electron chi connectivity index (χ0n) is 12.0. The number of hydrogen-bond acceptors (Lipinski definition) is 5. The van der Waals surface area contributed by atoms with Crippen molar-refractivity contribution in [1.29, 1.82) is 0 Å². The summed E-state index contributed by atoms with van der Waals surface area (Å²) < 4.78 is 10.7. The van der Waals surface area contributed by atoms with E-state index in [1.165, 1.54) is 6.07 Å². The zero-order valence-corrected chi connectivity index (χ0v) is 12.0. The van der Waals surface area contributed by atoms with Crippen LogP contribution in [0.3, 0.4) is 0 Å². The van der Waals surface area contributed by atoms with Crippen LogP contribution in [0.5, 0.6) is 11.5 Å². The van der Waals surface area contributed by atoms with Gasteiger partial charge in [-0.15, -0.1) is 0 Å². The van der Waals surface area contributed by atoms with E-state index in [4.69, 9.17) is 15.2 Å². The van der Waals surface area contributed by atoms with Crippen molar-refractivity contribution >= 4 is 0 Å². The van der Waals surface area contributed by atoms with Crippen molar-refractivity contribution in [2.24, 2.45) is 5.73 Å². The standard InChI is InChI=1S/C15H19N3O3/c1-20-12-2-4-13(5-3-12)21-9-7-14-17-11(6-8-16)10-15(19)18-14/h2-5,10H,6-9,16H2,1H3,(H,17,18,19). The lowest BCUT2D eigenvalue weighted by Crippen LogP contribution is -2.16. The van der Waals surface area contributed by atoms with E-state index in [9.17, 15) is 4.79 Å². The van der Waals surface area contributed by atoms with Crippen LogP contribution in [-0.4, -0.2) is 30.2 Å². The Morgan fingerprint density at radius 1 is 1.19 bits per heavy atom. The Morgan fingerprint density at radius 2 is 1.90 bits per heavy atom. The number of hydrogen-bond donors (Lipinski definition) is 2. The second-order valence-corrected chi connectivity index (χ2v) is 4.50. The Labute approximate surface area is 122 Å². The highest BCUT2D eigenvalue weighted by Gasteiger charge is 2.02. The molecule has 0 unspecified atom stereocenters. The number of benzene rings is 1. The van der Waals surface area contributed by atoms with Gasteiger partial charge in [0, 0.05) is 24.6 Å². The van der Waals surface area contributed by atoms with Gasteiger partial charge in [-0.3, -0.25) is 4.79 Å². The molecule has 0 saturated carbocycles. The number of nitrogens with zero attached hydrogens (tertiary/aromatic N) is 1. The van der Waals surface area contributed by atoms with Crippen molar-refractivity contribution in [3.05, 3.63) is 52.2 Å². The molecule has 6 heteroatoms. The van der Waals surface area contributed by atoms with Crippen molar-refractivity contribution in [1.82, 2.24) is 9.97 Å². The second-order valence-electron chi connectivity index (χ2n) is 4.50. The molecule has 2 aromatic rings. The lowest BCUT2D eigenvalue weighted by atomic mass is 10.3. The summed E-state index contributed by atoms with van der Waals surface area (Å²) in [7, 11) is 1.62. The Morgan fingerprint density at radius 3 is 2.57 bits per heavy atom. The molecule has 0 fully saturated rings. The van der Waals surface area contributed by atoms with Crippen LogP contribution < -0.4 is 20.8 Å². The Balaban J connectivity index is 1.91. The third kappa shape index (κ3) is 4.61. The largest absolute Gasteiger partial charge is 0.497 e. The van der Waals surface area contributed by atoms with Gasteiger partial charge in [0.25, 0.3) is 5.56 Å². The number of H-pyrrole nitrogens is 1. The van der Waals surface area contributed by atoms with Crippen LogP contribution in [0, 0.1) is 0 Å². The SMILES string of the molecule is COc1ccc(OCCc2nc(CCN)cc(=O)[nH]2)cc1. The van der Waals surface area contributed by atoms with Crippen molar-refractivity contribution in [3.63, 3.8) is 0 Å². The topological polar surface area (TPSA) is 90.2 Å². The lowest BCUT2D eigenvalue weighted by Gasteiger charge is -2.07. The summed E-state index contributed by atoms with van der Waals surface area (Å²) in [4.78, 5) is 18.5. The fourth-order valence-electron chi connectivity index (χ4n) is 1.90. The first-order chi connectivity index (χ1) is 10.2. The fraction of sp³-hybridized carbons (Fsp3) is 0.333. The minimum atomic E-state index is -0.159. The van der Waals surface area contributed by atoms with Crippen molar-refractivity contribution in [3.8, 4) is 11.5 Å². The van der Waals surface area contributed by atoms with Crippen molar-refractivity contribution < 1.29 is 9.47 Å². The molecular weight excluding hydrogens is 270 g/mol. The smallest absolute Gasteiger partial charge is 0.251 e. The maximum absolute atomic E-state index is 11.5. The average Bonchev–Trinajstić information content (AvgIpc) is 2.48. The van der Waals surface area contributed by atoms with Crippen LogP contribution in [0.25, 0.3) is 0 Å². The third-order valence-electron chi connectivity index (χ3n) is 2.91. The average molecular weight is 289 g/mol. The molecule has 1 aromatic carbocycles. The molecule has 0 radical (unpaired) electrons. The first-order valence-corrected chi connectivity index (χ1v) is 6.77. The van der Waals surface area contributed by atoms with E-state index in [2.05, 4.69) is 9.97 Å². The van der Waals surface area contributed by atoms with Gasteiger partial charge in [0.1, 0.15) is 17.3 Å². The summed E-state index contributed by atoms with van der Waals surface area (Å²) in [5.41, 5.74) is 6.02. The highest BCUT2D eigenvalue weighted by atomic mass is 16.5. The molecule has 0 atom stereocenters. The highest BCUT2D eigenvalue weighted by molar-refractivity contribution is 5.31. The second kappa shape index (κ2) is 7.44. The van der Waals surface area contributed by atoms with E-state index in [0.717, 1.165) is 11.5 Å². The molecule has 6 nitrogen and oxygen atoms in total. The Hall–Kier alpha value is -2.34. The fourth-order valence-corrected chi connectivity index (χ4v) is 1.90. The van der Waals surface area contributed by atoms with Gasteiger partial charge in [-0.25, -0.2) is 4.98 Å². The van der Waals surface area contributed by atoms with Gasteiger partial charge in [-0.05, 0) is 30.8 Å². The zero-order chi connectivity index (χ0) is 15.1. The monoisotopic (exact) mass is 289 g/mol. The van der Waals surface area contributed by atoms with Crippen LogP contribution in [0.1, 0.15) is 11.5 Å². The molecule has 2 rings (SSSR count). The number of aromatic amines is 1. The van der Waals surface area contributed by atoms with E-state index in [0.29, 0.717) is 37.5 Å². The summed E-state index contributed by atoms with van der Waals surface area (Å²) >= 11 is 0. The van der Waals surface area contributed by atoms with E-state index >= 15 is 0 Å². The molecule has 1 heterocycles. The summed E-state index contributed by atoms with van der Waals surface area (Å²) in [5, 5.41) is 0. The molecule has 0 amide bonds. The maximum Gasteiger partial charge on any atom is 0.251 e. The first kappa shape index (κ1) is 15.1. The maximum atomic E-state index is 11.5. The number of ether oxygens (including phenoxy) is 2. The molecule has 0 aliphatic carbocycles. The molecule has 1 aromatic heterocycles. The van der Waals surface area contributed by atoms with Crippen LogP contribution in [0.2, 0.25) is 0 Å². The molecule has 0 saturated heterocycles. The molecule has 0 aliphatic heterocycles. The Bertz CT molecular complexity index is 623. The normalized spacial score (nSPS) is 10.4. The molecule has 21 heavy (non-hydrogen) atoms. The van der Waals surface area contributed by atoms with Gasteiger partial charge in [0.15, 0.2) is 0 Å². The highest BCUT2D eigenvalue weighted by Crippen LogP contribution is 2.16. The number of nitrogens with two attached hydrogens (primary N) is 1.